The molecule has 0 bridgehead atoms. The number of hydrogen-bond donors (Lipinski definition) is 2. The van der Waals surface area contributed by atoms with E-state index >= 15 is 0 Å². The molecule has 0 radical (unpaired) electrons. The summed E-state index contributed by atoms with van der Waals surface area (Å²) in [4.78, 5) is 10.3. The van der Waals surface area contributed by atoms with Crippen molar-refractivity contribution in [2.24, 2.45) is 5.92 Å². The molecule has 2 rings (SSSR count). The van der Waals surface area contributed by atoms with Gasteiger partial charge in [-0.25, -0.2) is 0 Å². The lowest BCUT2D eigenvalue weighted by Crippen LogP contribution is -2.22. The van der Waals surface area contributed by atoms with Crippen molar-refractivity contribution in [3.05, 3.63) is 28.3 Å². The summed E-state index contributed by atoms with van der Waals surface area (Å²) < 4.78 is 5.28. The van der Waals surface area contributed by atoms with E-state index in [0.717, 1.165) is 32.6 Å². The first-order valence-electron chi connectivity index (χ1n) is 6.02. The molecule has 0 saturated carbocycles. The van der Waals surface area contributed by atoms with Crippen molar-refractivity contribution in [2.45, 2.75) is 12.8 Å². The number of ether oxygens (including phenoxy) is 1. The van der Waals surface area contributed by atoms with E-state index in [1.165, 1.54) is 12.1 Å². The Balaban J connectivity index is 1.97. The van der Waals surface area contributed by atoms with Gasteiger partial charge < -0.3 is 15.8 Å². The van der Waals surface area contributed by atoms with Crippen LogP contribution in [0.2, 0.25) is 0 Å². The molecular weight excluding hydrogens is 234 g/mol. The molecule has 0 aliphatic carbocycles. The Bertz CT molecular complexity index is 431. The van der Waals surface area contributed by atoms with Gasteiger partial charge in [-0.05, 0) is 24.8 Å². The highest BCUT2D eigenvalue weighted by Crippen LogP contribution is 2.23. The Morgan fingerprint density at radius 1 is 1.39 bits per heavy atom. The lowest BCUT2D eigenvalue weighted by atomic mass is 10.0. The average Bonchev–Trinajstić information content (AvgIpc) is 2.37. The molecule has 0 unspecified atom stereocenters. The first kappa shape index (κ1) is 12.6. The predicted octanol–water partition coefficient (Wildman–Crippen LogP) is 2.02. The molecule has 3 N–H and O–H groups in total. The van der Waals surface area contributed by atoms with Crippen LogP contribution in [0.1, 0.15) is 12.8 Å². The molecule has 1 fully saturated rings. The molecule has 0 amide bonds. The van der Waals surface area contributed by atoms with Crippen LogP contribution >= 0.6 is 0 Å². The SMILES string of the molecule is Nc1cc(NCC2CCOCC2)cc([N+](=O)[O-])c1. The third kappa shape index (κ3) is 3.33. The summed E-state index contributed by atoms with van der Waals surface area (Å²) in [7, 11) is 0. The quantitative estimate of drug-likeness (QED) is 0.485. The van der Waals surface area contributed by atoms with Gasteiger partial charge in [0.1, 0.15) is 0 Å². The molecule has 0 aromatic heterocycles. The molecule has 1 aromatic carbocycles. The maximum absolute atomic E-state index is 10.7. The fourth-order valence-electron chi connectivity index (χ4n) is 2.05. The fourth-order valence-corrected chi connectivity index (χ4v) is 2.05. The predicted molar refractivity (Wildman–Crippen MR) is 69.5 cm³/mol. The van der Waals surface area contributed by atoms with Crippen LogP contribution in [0, 0.1) is 16.0 Å². The third-order valence-electron chi connectivity index (χ3n) is 3.09. The summed E-state index contributed by atoms with van der Waals surface area (Å²) in [6, 6.07) is 4.58. The number of benzene rings is 1. The van der Waals surface area contributed by atoms with Crippen molar-refractivity contribution in [1.29, 1.82) is 0 Å². The van der Waals surface area contributed by atoms with E-state index in [1.54, 1.807) is 6.07 Å². The number of hydrogen-bond acceptors (Lipinski definition) is 5. The number of nitrogens with two attached hydrogens (primary N) is 1. The Kier molecular flexibility index (Phi) is 3.99. The van der Waals surface area contributed by atoms with E-state index in [9.17, 15) is 10.1 Å². The van der Waals surface area contributed by atoms with Gasteiger partial charge in [0.25, 0.3) is 5.69 Å². The summed E-state index contributed by atoms with van der Waals surface area (Å²) in [6.07, 6.45) is 2.05. The second-order valence-electron chi connectivity index (χ2n) is 4.51. The van der Waals surface area contributed by atoms with Crippen molar-refractivity contribution >= 4 is 17.1 Å². The normalized spacial score (nSPS) is 16.4. The fraction of sp³-hybridized carbons (Fsp3) is 0.500. The molecule has 1 saturated heterocycles. The van der Waals surface area contributed by atoms with Crippen molar-refractivity contribution in [3.8, 4) is 0 Å². The summed E-state index contributed by atoms with van der Waals surface area (Å²) in [6.45, 7) is 2.39. The van der Waals surface area contributed by atoms with E-state index in [2.05, 4.69) is 5.32 Å². The second kappa shape index (κ2) is 5.68. The molecule has 18 heavy (non-hydrogen) atoms. The van der Waals surface area contributed by atoms with Crippen molar-refractivity contribution < 1.29 is 9.66 Å². The van der Waals surface area contributed by atoms with Gasteiger partial charge in [-0.2, -0.15) is 0 Å². The number of nitro benzene ring substituents is 1. The molecular formula is C12H17N3O3. The molecule has 0 spiro atoms. The smallest absolute Gasteiger partial charge is 0.273 e. The van der Waals surface area contributed by atoms with Gasteiger partial charge in [-0.3, -0.25) is 10.1 Å². The second-order valence-corrected chi connectivity index (χ2v) is 4.51. The molecule has 1 aromatic rings. The standard InChI is InChI=1S/C12H17N3O3/c13-10-5-11(7-12(6-10)15(16)17)14-8-9-1-3-18-4-2-9/h5-7,9,14H,1-4,8,13H2. The minimum atomic E-state index is -0.435. The zero-order chi connectivity index (χ0) is 13.0. The van der Waals surface area contributed by atoms with Gasteiger partial charge in [-0.15, -0.1) is 0 Å². The zero-order valence-corrected chi connectivity index (χ0v) is 10.1. The number of nitro groups is 1. The number of rotatable bonds is 4. The minimum absolute atomic E-state index is 0.0180. The molecule has 1 aliphatic heterocycles. The van der Waals surface area contributed by atoms with Crippen LogP contribution < -0.4 is 11.1 Å². The van der Waals surface area contributed by atoms with Gasteiger partial charge >= 0.3 is 0 Å². The van der Waals surface area contributed by atoms with Gasteiger partial charge in [0, 0.05) is 43.3 Å². The number of nitrogens with zero attached hydrogens (tertiary/aromatic N) is 1. The zero-order valence-electron chi connectivity index (χ0n) is 10.1. The van der Waals surface area contributed by atoms with Crippen molar-refractivity contribution in [2.75, 3.05) is 30.8 Å². The third-order valence-corrected chi connectivity index (χ3v) is 3.09. The van der Waals surface area contributed by atoms with Crippen molar-refractivity contribution in [1.82, 2.24) is 0 Å². The van der Waals surface area contributed by atoms with Crippen molar-refractivity contribution in [3.63, 3.8) is 0 Å². The molecule has 1 aliphatic rings. The Morgan fingerprint density at radius 3 is 2.78 bits per heavy atom. The van der Waals surface area contributed by atoms with Gasteiger partial charge in [0.15, 0.2) is 0 Å². The van der Waals surface area contributed by atoms with Gasteiger partial charge in [0.2, 0.25) is 0 Å². The van der Waals surface area contributed by atoms with Gasteiger partial charge in [0.05, 0.1) is 4.92 Å². The minimum Gasteiger partial charge on any atom is -0.398 e. The van der Waals surface area contributed by atoms with E-state index in [-0.39, 0.29) is 5.69 Å². The highest BCUT2D eigenvalue weighted by molar-refractivity contribution is 5.61. The molecule has 6 nitrogen and oxygen atoms in total. The number of non-ortho nitro benzene ring substituents is 1. The number of nitrogens with one attached hydrogen (secondary N) is 1. The lowest BCUT2D eigenvalue weighted by Gasteiger charge is -2.22. The summed E-state index contributed by atoms with van der Waals surface area (Å²) >= 11 is 0. The Morgan fingerprint density at radius 2 is 2.11 bits per heavy atom. The van der Waals surface area contributed by atoms with Crippen LogP contribution in [-0.4, -0.2) is 24.7 Å². The van der Waals surface area contributed by atoms with E-state index in [0.29, 0.717) is 17.3 Å². The first-order valence-corrected chi connectivity index (χ1v) is 6.02. The van der Waals surface area contributed by atoms with Crippen LogP contribution in [0.3, 0.4) is 0 Å². The highest BCUT2D eigenvalue weighted by Gasteiger charge is 2.14. The van der Waals surface area contributed by atoms with Crippen LogP contribution in [-0.2, 0) is 4.74 Å². The summed E-state index contributed by atoms with van der Waals surface area (Å²) in [5, 5.41) is 13.9. The number of nitrogen functional groups attached to an aromatic ring is 1. The van der Waals surface area contributed by atoms with Gasteiger partial charge in [-0.1, -0.05) is 0 Å². The van der Waals surface area contributed by atoms with Crippen LogP contribution in [0.15, 0.2) is 18.2 Å². The average molecular weight is 251 g/mol. The largest absolute Gasteiger partial charge is 0.398 e. The lowest BCUT2D eigenvalue weighted by molar-refractivity contribution is -0.384. The van der Waals surface area contributed by atoms with E-state index in [1.807, 2.05) is 0 Å². The monoisotopic (exact) mass is 251 g/mol. The maximum atomic E-state index is 10.7. The Hall–Kier alpha value is -1.82. The maximum Gasteiger partial charge on any atom is 0.273 e. The van der Waals surface area contributed by atoms with E-state index in [4.69, 9.17) is 10.5 Å². The summed E-state index contributed by atoms with van der Waals surface area (Å²) in [5.74, 6) is 0.555. The topological polar surface area (TPSA) is 90.4 Å². The first-order chi connectivity index (χ1) is 8.65. The van der Waals surface area contributed by atoms with Crippen LogP contribution in [0.5, 0.6) is 0 Å². The molecule has 6 heteroatoms. The van der Waals surface area contributed by atoms with Crippen LogP contribution in [0.4, 0.5) is 17.1 Å². The van der Waals surface area contributed by atoms with E-state index < -0.39 is 4.92 Å². The van der Waals surface area contributed by atoms with Crippen LogP contribution in [0.25, 0.3) is 0 Å². The molecule has 0 atom stereocenters. The Labute approximate surface area is 105 Å². The summed E-state index contributed by atoms with van der Waals surface area (Å²) in [5.41, 5.74) is 6.76. The molecule has 1 heterocycles. The molecule has 98 valence electrons. The number of anilines is 2. The highest BCUT2D eigenvalue weighted by atomic mass is 16.6.